The standard InChI is InChI=1S/C10H9NO6/c1-17-9(12)5-7-6(10(13)14)3-2-4-8(7)11(15)16/h2-4H,5H2,1H3,(H,13,14). The number of nitrogens with zero attached hydrogens (tertiary/aromatic N) is 1. The first-order valence-corrected chi connectivity index (χ1v) is 4.53. The van der Waals surface area contributed by atoms with Crippen LogP contribution in [0.5, 0.6) is 0 Å². The number of nitro groups is 1. The van der Waals surface area contributed by atoms with Crippen LogP contribution in [0.2, 0.25) is 0 Å². The van der Waals surface area contributed by atoms with Crippen molar-refractivity contribution < 1.29 is 24.4 Å². The number of carbonyl (C=O) groups excluding carboxylic acids is 1. The molecule has 1 rings (SSSR count). The third kappa shape index (κ3) is 2.77. The lowest BCUT2D eigenvalue weighted by atomic mass is 10.0. The predicted octanol–water partition coefficient (Wildman–Crippen LogP) is 1.01. The quantitative estimate of drug-likeness (QED) is 0.477. The highest BCUT2D eigenvalue weighted by Gasteiger charge is 2.23. The Bertz CT molecular complexity index is 449. The zero-order valence-corrected chi connectivity index (χ0v) is 8.87. The molecule has 0 radical (unpaired) electrons. The van der Waals surface area contributed by atoms with E-state index < -0.39 is 29.0 Å². The second-order valence-corrected chi connectivity index (χ2v) is 3.12. The lowest BCUT2D eigenvalue weighted by molar-refractivity contribution is -0.385. The molecule has 0 aliphatic rings. The van der Waals surface area contributed by atoms with Gasteiger partial charge in [0.1, 0.15) is 0 Å². The molecular formula is C10H9NO6. The zero-order valence-electron chi connectivity index (χ0n) is 8.87. The van der Waals surface area contributed by atoms with Crippen LogP contribution in [0.4, 0.5) is 5.69 Å². The van der Waals surface area contributed by atoms with Gasteiger partial charge in [0.25, 0.3) is 5.69 Å². The molecule has 7 nitrogen and oxygen atoms in total. The number of carboxylic acid groups (broad SMARTS) is 1. The molecule has 1 aromatic rings. The van der Waals surface area contributed by atoms with E-state index in [4.69, 9.17) is 5.11 Å². The van der Waals surface area contributed by atoms with Gasteiger partial charge in [-0.05, 0) is 6.07 Å². The lowest BCUT2D eigenvalue weighted by Crippen LogP contribution is -2.12. The molecular weight excluding hydrogens is 230 g/mol. The molecule has 0 fully saturated rings. The highest BCUT2D eigenvalue weighted by molar-refractivity contribution is 5.92. The molecule has 0 saturated heterocycles. The largest absolute Gasteiger partial charge is 0.478 e. The van der Waals surface area contributed by atoms with E-state index in [-0.39, 0.29) is 11.1 Å². The molecule has 0 bridgehead atoms. The molecule has 17 heavy (non-hydrogen) atoms. The van der Waals surface area contributed by atoms with Crippen molar-refractivity contribution in [2.24, 2.45) is 0 Å². The summed E-state index contributed by atoms with van der Waals surface area (Å²) in [6.45, 7) is 0. The van der Waals surface area contributed by atoms with Crippen molar-refractivity contribution in [2.75, 3.05) is 7.11 Å². The van der Waals surface area contributed by atoms with Gasteiger partial charge < -0.3 is 9.84 Å². The minimum absolute atomic E-state index is 0.156. The topological polar surface area (TPSA) is 107 Å². The monoisotopic (exact) mass is 239 g/mol. The smallest absolute Gasteiger partial charge is 0.336 e. The van der Waals surface area contributed by atoms with Crippen molar-refractivity contribution in [3.63, 3.8) is 0 Å². The third-order valence-electron chi connectivity index (χ3n) is 2.13. The minimum atomic E-state index is -1.33. The highest BCUT2D eigenvalue weighted by atomic mass is 16.6. The summed E-state index contributed by atoms with van der Waals surface area (Å²) < 4.78 is 4.37. The number of esters is 1. The van der Waals surface area contributed by atoms with E-state index in [0.29, 0.717) is 0 Å². The second kappa shape index (κ2) is 5.06. The molecule has 0 saturated carbocycles. The molecule has 0 atom stereocenters. The summed E-state index contributed by atoms with van der Waals surface area (Å²) in [5.74, 6) is -2.06. The van der Waals surface area contributed by atoms with E-state index in [2.05, 4.69) is 4.74 Å². The fourth-order valence-electron chi connectivity index (χ4n) is 1.35. The summed E-state index contributed by atoms with van der Waals surface area (Å²) in [6.07, 6.45) is -0.449. The number of methoxy groups -OCH3 is 1. The fraction of sp³-hybridized carbons (Fsp3) is 0.200. The van der Waals surface area contributed by atoms with Crippen LogP contribution in [0, 0.1) is 10.1 Å². The van der Waals surface area contributed by atoms with Gasteiger partial charge in [-0.1, -0.05) is 6.07 Å². The second-order valence-electron chi connectivity index (χ2n) is 3.12. The van der Waals surface area contributed by atoms with Crippen LogP contribution in [-0.4, -0.2) is 29.1 Å². The minimum Gasteiger partial charge on any atom is -0.478 e. The van der Waals surface area contributed by atoms with E-state index in [0.717, 1.165) is 13.2 Å². The molecule has 7 heteroatoms. The van der Waals surface area contributed by atoms with Crippen LogP contribution >= 0.6 is 0 Å². The lowest BCUT2D eigenvalue weighted by Gasteiger charge is -2.05. The number of aromatic carboxylic acids is 1. The first-order valence-electron chi connectivity index (χ1n) is 4.53. The molecule has 0 amide bonds. The Labute approximate surface area is 95.8 Å². The molecule has 0 spiro atoms. The number of hydrogen-bond donors (Lipinski definition) is 1. The van der Waals surface area contributed by atoms with Crippen LogP contribution in [-0.2, 0) is 16.0 Å². The van der Waals surface area contributed by atoms with Gasteiger partial charge >= 0.3 is 11.9 Å². The molecule has 0 heterocycles. The van der Waals surface area contributed by atoms with E-state index in [9.17, 15) is 19.7 Å². The van der Waals surface area contributed by atoms with Gasteiger partial charge in [-0.15, -0.1) is 0 Å². The number of rotatable bonds is 4. The van der Waals surface area contributed by atoms with E-state index >= 15 is 0 Å². The number of hydrogen-bond acceptors (Lipinski definition) is 5. The third-order valence-corrected chi connectivity index (χ3v) is 2.13. The fourth-order valence-corrected chi connectivity index (χ4v) is 1.35. The van der Waals surface area contributed by atoms with E-state index in [1.54, 1.807) is 0 Å². The number of carbonyl (C=O) groups is 2. The van der Waals surface area contributed by atoms with Crippen LogP contribution in [0.15, 0.2) is 18.2 Å². The first kappa shape index (κ1) is 12.6. The maximum Gasteiger partial charge on any atom is 0.336 e. The Hall–Kier alpha value is -2.44. The van der Waals surface area contributed by atoms with Gasteiger partial charge in [-0.3, -0.25) is 14.9 Å². The first-order chi connectivity index (χ1) is 7.97. The molecule has 0 unspecified atom stereocenters. The van der Waals surface area contributed by atoms with Crippen molar-refractivity contribution in [2.45, 2.75) is 6.42 Å². The van der Waals surface area contributed by atoms with Crippen LogP contribution in [0.25, 0.3) is 0 Å². The van der Waals surface area contributed by atoms with Gasteiger partial charge in [0.05, 0.1) is 29.6 Å². The Morgan fingerprint density at radius 1 is 1.47 bits per heavy atom. The summed E-state index contributed by atoms with van der Waals surface area (Å²) in [5.41, 5.74) is -0.836. The maximum absolute atomic E-state index is 11.1. The molecule has 90 valence electrons. The van der Waals surface area contributed by atoms with Crippen molar-refractivity contribution >= 4 is 17.6 Å². The highest BCUT2D eigenvalue weighted by Crippen LogP contribution is 2.23. The Balaban J connectivity index is 3.33. The predicted molar refractivity (Wildman–Crippen MR) is 55.8 cm³/mol. The van der Waals surface area contributed by atoms with Gasteiger partial charge in [0.2, 0.25) is 0 Å². The Morgan fingerprint density at radius 2 is 2.12 bits per heavy atom. The van der Waals surface area contributed by atoms with Crippen LogP contribution < -0.4 is 0 Å². The maximum atomic E-state index is 11.1. The average Bonchev–Trinajstić information content (AvgIpc) is 2.28. The average molecular weight is 239 g/mol. The van der Waals surface area contributed by atoms with Crippen LogP contribution in [0.3, 0.4) is 0 Å². The number of nitro benzene ring substituents is 1. The van der Waals surface area contributed by atoms with Crippen molar-refractivity contribution in [1.82, 2.24) is 0 Å². The normalized spacial score (nSPS) is 9.71. The van der Waals surface area contributed by atoms with Gasteiger partial charge in [-0.2, -0.15) is 0 Å². The summed E-state index contributed by atoms with van der Waals surface area (Å²) in [5, 5.41) is 19.6. The number of ether oxygens (including phenoxy) is 1. The van der Waals surface area contributed by atoms with E-state index in [1.165, 1.54) is 12.1 Å². The van der Waals surface area contributed by atoms with Crippen LogP contribution in [0.1, 0.15) is 15.9 Å². The SMILES string of the molecule is COC(=O)Cc1c(C(=O)O)cccc1[N+](=O)[O-]. The summed E-state index contributed by atoms with van der Waals surface area (Å²) >= 11 is 0. The summed E-state index contributed by atoms with van der Waals surface area (Å²) in [7, 11) is 1.12. The van der Waals surface area contributed by atoms with Gasteiger partial charge in [0, 0.05) is 6.07 Å². The van der Waals surface area contributed by atoms with Crippen molar-refractivity contribution in [3.8, 4) is 0 Å². The molecule has 1 N–H and O–H groups in total. The number of benzene rings is 1. The number of carboxylic acids is 1. The van der Waals surface area contributed by atoms with Gasteiger partial charge in [-0.25, -0.2) is 4.79 Å². The summed E-state index contributed by atoms with van der Waals surface area (Å²) in [4.78, 5) is 32.0. The Morgan fingerprint density at radius 3 is 2.59 bits per heavy atom. The van der Waals surface area contributed by atoms with Gasteiger partial charge in [0.15, 0.2) is 0 Å². The zero-order chi connectivity index (χ0) is 13.0. The molecule has 0 aromatic heterocycles. The Kier molecular flexibility index (Phi) is 3.76. The van der Waals surface area contributed by atoms with Crippen molar-refractivity contribution in [1.29, 1.82) is 0 Å². The molecule has 0 aliphatic heterocycles. The van der Waals surface area contributed by atoms with Crippen molar-refractivity contribution in [3.05, 3.63) is 39.4 Å². The van der Waals surface area contributed by atoms with E-state index in [1.807, 2.05) is 0 Å². The molecule has 0 aliphatic carbocycles. The summed E-state index contributed by atoms with van der Waals surface area (Å²) in [6, 6.07) is 3.60. The molecule has 1 aromatic carbocycles.